The standard InChI is InChI=1S/C5H10NOP/c1-2-5-4-7-8-6(5)3-1/h5,8H,1-4H2. The molecule has 2 aliphatic heterocycles. The number of fused-ring (bicyclic) bond motifs is 1. The third kappa shape index (κ3) is 0.680. The van der Waals surface area contributed by atoms with Gasteiger partial charge in [0, 0.05) is 12.6 Å². The van der Waals surface area contributed by atoms with E-state index in [-0.39, 0.29) is 0 Å². The van der Waals surface area contributed by atoms with Gasteiger partial charge in [0.05, 0.1) is 15.6 Å². The van der Waals surface area contributed by atoms with Crippen molar-refractivity contribution in [3.63, 3.8) is 0 Å². The average Bonchev–Trinajstić information content (AvgIpc) is 2.15. The topological polar surface area (TPSA) is 12.5 Å². The molecule has 2 saturated heterocycles. The van der Waals surface area contributed by atoms with E-state index < -0.39 is 0 Å². The second-order valence-electron chi connectivity index (χ2n) is 2.39. The maximum absolute atomic E-state index is 5.27. The van der Waals surface area contributed by atoms with Gasteiger partial charge in [0.15, 0.2) is 0 Å². The largest absolute Gasteiger partial charge is 0.345 e. The zero-order valence-corrected chi connectivity index (χ0v) is 5.76. The van der Waals surface area contributed by atoms with Crippen LogP contribution < -0.4 is 0 Å². The lowest BCUT2D eigenvalue weighted by molar-refractivity contribution is 0.343. The van der Waals surface area contributed by atoms with Crippen LogP contribution in [0.25, 0.3) is 0 Å². The van der Waals surface area contributed by atoms with Crippen molar-refractivity contribution < 1.29 is 4.52 Å². The lowest BCUT2D eigenvalue weighted by atomic mass is 10.2. The Kier molecular flexibility index (Phi) is 1.25. The molecule has 0 aromatic rings. The van der Waals surface area contributed by atoms with Crippen LogP contribution in [0.3, 0.4) is 0 Å². The minimum Gasteiger partial charge on any atom is -0.345 e. The number of hydrogen-bond acceptors (Lipinski definition) is 2. The van der Waals surface area contributed by atoms with Crippen molar-refractivity contribution in [1.29, 1.82) is 0 Å². The summed E-state index contributed by atoms with van der Waals surface area (Å²) >= 11 is 0. The van der Waals surface area contributed by atoms with Crippen molar-refractivity contribution in [1.82, 2.24) is 4.67 Å². The van der Waals surface area contributed by atoms with Gasteiger partial charge in [-0.05, 0) is 12.8 Å². The van der Waals surface area contributed by atoms with Crippen molar-refractivity contribution in [2.24, 2.45) is 0 Å². The number of hydrogen-bond donors (Lipinski definition) is 0. The predicted octanol–water partition coefficient (Wildman–Crippen LogP) is 0.990. The van der Waals surface area contributed by atoms with Gasteiger partial charge in [0.1, 0.15) is 0 Å². The molecule has 2 aliphatic rings. The van der Waals surface area contributed by atoms with Crippen LogP contribution >= 0.6 is 8.96 Å². The monoisotopic (exact) mass is 131 g/mol. The molecule has 2 fully saturated rings. The molecule has 0 bridgehead atoms. The van der Waals surface area contributed by atoms with E-state index >= 15 is 0 Å². The van der Waals surface area contributed by atoms with Crippen LogP contribution in [0.4, 0.5) is 0 Å². The maximum atomic E-state index is 5.27. The molecular formula is C5H10NOP. The summed E-state index contributed by atoms with van der Waals surface area (Å²) in [6, 6.07) is 0.799. The lowest BCUT2D eigenvalue weighted by Crippen LogP contribution is -2.17. The van der Waals surface area contributed by atoms with Crippen molar-refractivity contribution in [3.8, 4) is 0 Å². The van der Waals surface area contributed by atoms with E-state index in [1.807, 2.05) is 0 Å². The van der Waals surface area contributed by atoms with Gasteiger partial charge in [-0.25, -0.2) is 0 Å². The van der Waals surface area contributed by atoms with E-state index in [1.165, 1.54) is 19.4 Å². The average molecular weight is 131 g/mol. The van der Waals surface area contributed by atoms with Crippen LogP contribution in [-0.2, 0) is 4.52 Å². The Morgan fingerprint density at radius 2 is 2.62 bits per heavy atom. The Balaban J connectivity index is 2.04. The molecule has 2 rings (SSSR count). The first-order valence-corrected chi connectivity index (χ1v) is 3.96. The van der Waals surface area contributed by atoms with E-state index in [1.54, 1.807) is 0 Å². The third-order valence-electron chi connectivity index (χ3n) is 1.83. The Bertz CT molecular complexity index is 78.4. The highest BCUT2D eigenvalue weighted by atomic mass is 31.1. The van der Waals surface area contributed by atoms with E-state index in [4.69, 9.17) is 4.52 Å². The Hall–Kier alpha value is 0.350. The molecule has 0 radical (unpaired) electrons. The molecular weight excluding hydrogens is 121 g/mol. The molecule has 0 spiro atoms. The third-order valence-corrected chi connectivity index (χ3v) is 2.95. The summed E-state index contributed by atoms with van der Waals surface area (Å²) in [5, 5.41) is 0. The van der Waals surface area contributed by atoms with E-state index in [0.29, 0.717) is 8.96 Å². The van der Waals surface area contributed by atoms with Gasteiger partial charge in [-0.2, -0.15) is 0 Å². The molecule has 8 heavy (non-hydrogen) atoms. The maximum Gasteiger partial charge on any atom is 0.0893 e. The van der Waals surface area contributed by atoms with Gasteiger partial charge in [0.2, 0.25) is 0 Å². The minimum absolute atomic E-state index is 0.676. The fourth-order valence-electron chi connectivity index (χ4n) is 1.35. The summed E-state index contributed by atoms with van der Waals surface area (Å²) in [6.07, 6.45) is 2.76. The fourth-order valence-corrected chi connectivity index (χ4v) is 2.38. The molecule has 0 aromatic heterocycles. The molecule has 0 amide bonds. The van der Waals surface area contributed by atoms with Crippen LogP contribution in [-0.4, -0.2) is 23.9 Å². The van der Waals surface area contributed by atoms with Crippen molar-refractivity contribution in [2.75, 3.05) is 13.2 Å². The number of rotatable bonds is 0. The molecule has 0 aliphatic carbocycles. The summed E-state index contributed by atoms with van der Waals surface area (Å²) < 4.78 is 7.71. The van der Waals surface area contributed by atoms with Gasteiger partial charge in [-0.3, -0.25) is 4.67 Å². The van der Waals surface area contributed by atoms with Crippen molar-refractivity contribution in [3.05, 3.63) is 0 Å². The lowest BCUT2D eigenvalue weighted by Gasteiger charge is -2.07. The highest BCUT2D eigenvalue weighted by molar-refractivity contribution is 7.29. The first kappa shape index (κ1) is 5.16. The molecule has 3 heteroatoms. The Morgan fingerprint density at radius 3 is 3.50 bits per heavy atom. The zero-order valence-electron chi connectivity index (χ0n) is 4.76. The van der Waals surface area contributed by atoms with Crippen LogP contribution in [0.5, 0.6) is 0 Å². The molecule has 0 aromatic carbocycles. The first-order valence-electron chi connectivity index (χ1n) is 3.11. The van der Waals surface area contributed by atoms with E-state index in [2.05, 4.69) is 4.67 Å². The van der Waals surface area contributed by atoms with Gasteiger partial charge < -0.3 is 4.52 Å². The second kappa shape index (κ2) is 1.94. The van der Waals surface area contributed by atoms with E-state index in [0.717, 1.165) is 12.6 Å². The number of nitrogens with zero attached hydrogens (tertiary/aromatic N) is 1. The predicted molar refractivity (Wildman–Crippen MR) is 34.0 cm³/mol. The smallest absolute Gasteiger partial charge is 0.0893 e. The molecule has 0 N–H and O–H groups in total. The van der Waals surface area contributed by atoms with Crippen LogP contribution in [0.15, 0.2) is 0 Å². The Labute approximate surface area is 51.1 Å². The molecule has 2 unspecified atom stereocenters. The molecule has 2 heterocycles. The van der Waals surface area contributed by atoms with Crippen LogP contribution in [0.2, 0.25) is 0 Å². The summed E-state index contributed by atoms with van der Waals surface area (Å²) in [4.78, 5) is 0. The van der Waals surface area contributed by atoms with Crippen molar-refractivity contribution in [2.45, 2.75) is 18.9 Å². The van der Waals surface area contributed by atoms with Crippen molar-refractivity contribution >= 4 is 8.96 Å². The summed E-state index contributed by atoms with van der Waals surface area (Å²) in [6.45, 7) is 2.28. The first-order chi connectivity index (χ1) is 3.97. The molecule has 46 valence electrons. The summed E-state index contributed by atoms with van der Waals surface area (Å²) in [5.74, 6) is 0. The van der Waals surface area contributed by atoms with Gasteiger partial charge in [0.25, 0.3) is 0 Å². The highest BCUT2D eigenvalue weighted by Gasteiger charge is 2.29. The SMILES string of the molecule is C1CC2COPN2C1. The highest BCUT2D eigenvalue weighted by Crippen LogP contribution is 2.36. The summed E-state index contributed by atoms with van der Waals surface area (Å²) in [5.41, 5.74) is 0. The van der Waals surface area contributed by atoms with Gasteiger partial charge >= 0.3 is 0 Å². The quantitative estimate of drug-likeness (QED) is 0.454. The zero-order chi connectivity index (χ0) is 5.40. The van der Waals surface area contributed by atoms with Crippen LogP contribution in [0.1, 0.15) is 12.8 Å². The normalized spacial score (nSPS) is 41.2. The fraction of sp³-hybridized carbons (Fsp3) is 1.00. The van der Waals surface area contributed by atoms with E-state index in [9.17, 15) is 0 Å². The Morgan fingerprint density at radius 1 is 1.62 bits per heavy atom. The second-order valence-corrected chi connectivity index (χ2v) is 3.44. The van der Waals surface area contributed by atoms with Crippen LogP contribution in [0, 0.1) is 0 Å². The van der Waals surface area contributed by atoms with Gasteiger partial charge in [-0.1, -0.05) is 0 Å². The minimum atomic E-state index is 0.676. The molecule has 0 saturated carbocycles. The van der Waals surface area contributed by atoms with Gasteiger partial charge in [-0.15, -0.1) is 0 Å². The molecule has 2 atom stereocenters. The molecule has 2 nitrogen and oxygen atoms in total. The summed E-state index contributed by atoms with van der Waals surface area (Å²) in [7, 11) is 0.676.